The van der Waals surface area contributed by atoms with Crippen LogP contribution in [0.15, 0.2) is 48.5 Å². The van der Waals surface area contributed by atoms with E-state index in [1.165, 1.54) is 0 Å². The largest absolute Gasteiger partial charge is 0.491 e. The average Bonchev–Trinajstić information content (AvgIpc) is 2.87. The van der Waals surface area contributed by atoms with Gasteiger partial charge in [-0.25, -0.2) is 0 Å². The van der Waals surface area contributed by atoms with Gasteiger partial charge in [0.25, 0.3) is 0 Å². The number of rotatable bonds is 5. The SMILES string of the molecule is Nc1ccc(OC[C@@H]2CCC(=O)N2Cc2cccc(Cl)c2)cc1. The van der Waals surface area contributed by atoms with E-state index in [4.69, 9.17) is 22.1 Å². The second-order valence-corrected chi connectivity index (χ2v) is 6.16. The molecule has 0 spiro atoms. The van der Waals surface area contributed by atoms with Gasteiger partial charge in [-0.15, -0.1) is 0 Å². The van der Waals surface area contributed by atoms with Crippen LogP contribution in [0.4, 0.5) is 5.69 Å². The fourth-order valence-electron chi connectivity index (χ4n) is 2.77. The predicted octanol–water partition coefficient (Wildman–Crippen LogP) is 3.49. The van der Waals surface area contributed by atoms with E-state index in [2.05, 4.69) is 0 Å². The maximum atomic E-state index is 12.2. The zero-order chi connectivity index (χ0) is 16.2. The molecule has 0 aliphatic carbocycles. The van der Waals surface area contributed by atoms with Gasteiger partial charge in [0.1, 0.15) is 12.4 Å². The van der Waals surface area contributed by atoms with Crippen molar-refractivity contribution in [2.24, 2.45) is 0 Å². The normalized spacial score (nSPS) is 17.5. The number of anilines is 1. The molecular formula is C18H19ClN2O2. The van der Waals surface area contributed by atoms with Crippen molar-refractivity contribution in [2.75, 3.05) is 12.3 Å². The molecule has 2 aromatic carbocycles. The number of halogens is 1. The number of carbonyl (C=O) groups is 1. The molecule has 1 fully saturated rings. The highest BCUT2D eigenvalue weighted by atomic mass is 35.5. The molecule has 0 radical (unpaired) electrons. The number of amides is 1. The molecule has 1 aliphatic rings. The van der Waals surface area contributed by atoms with Crippen LogP contribution in [0.1, 0.15) is 18.4 Å². The molecule has 1 saturated heterocycles. The summed E-state index contributed by atoms with van der Waals surface area (Å²) in [6, 6.07) is 15.0. The third kappa shape index (κ3) is 3.96. The standard InChI is InChI=1S/C18H19ClN2O2/c19-14-3-1-2-13(10-14)11-21-16(6-9-18(21)22)12-23-17-7-4-15(20)5-8-17/h1-5,7-8,10,16H,6,9,11-12,20H2/t16-/m0/s1. The van der Waals surface area contributed by atoms with Gasteiger partial charge in [-0.3, -0.25) is 4.79 Å². The Labute approximate surface area is 140 Å². The summed E-state index contributed by atoms with van der Waals surface area (Å²) in [5.41, 5.74) is 7.40. The predicted molar refractivity (Wildman–Crippen MR) is 91.4 cm³/mol. The topological polar surface area (TPSA) is 55.6 Å². The summed E-state index contributed by atoms with van der Waals surface area (Å²) in [6.45, 7) is 1.05. The Kier molecular flexibility index (Phi) is 4.72. The molecule has 5 heteroatoms. The second-order valence-electron chi connectivity index (χ2n) is 5.72. The van der Waals surface area contributed by atoms with Gasteiger partial charge in [0, 0.05) is 23.7 Å². The zero-order valence-electron chi connectivity index (χ0n) is 12.7. The zero-order valence-corrected chi connectivity index (χ0v) is 13.5. The number of hydrogen-bond donors (Lipinski definition) is 1. The maximum absolute atomic E-state index is 12.2. The van der Waals surface area contributed by atoms with Crippen LogP contribution in [0.3, 0.4) is 0 Å². The van der Waals surface area contributed by atoms with Crippen LogP contribution >= 0.6 is 11.6 Å². The number of likely N-dealkylation sites (tertiary alicyclic amines) is 1. The first-order chi connectivity index (χ1) is 11.1. The van der Waals surface area contributed by atoms with Crippen LogP contribution in [0.5, 0.6) is 5.75 Å². The van der Waals surface area contributed by atoms with Gasteiger partial charge in [0.05, 0.1) is 6.04 Å². The third-order valence-electron chi connectivity index (χ3n) is 4.02. The van der Waals surface area contributed by atoms with E-state index in [-0.39, 0.29) is 11.9 Å². The molecule has 1 aliphatic heterocycles. The number of ether oxygens (including phenoxy) is 1. The Bertz CT molecular complexity index is 688. The summed E-state index contributed by atoms with van der Waals surface area (Å²) >= 11 is 6.02. The third-order valence-corrected chi connectivity index (χ3v) is 4.25. The minimum atomic E-state index is 0.0824. The summed E-state index contributed by atoms with van der Waals surface area (Å²) in [6.07, 6.45) is 1.38. The van der Waals surface area contributed by atoms with Crippen molar-refractivity contribution in [3.8, 4) is 5.75 Å². The summed E-state index contributed by atoms with van der Waals surface area (Å²) in [7, 11) is 0. The van der Waals surface area contributed by atoms with Crippen LogP contribution in [0.25, 0.3) is 0 Å². The Balaban J connectivity index is 1.64. The molecule has 23 heavy (non-hydrogen) atoms. The minimum Gasteiger partial charge on any atom is -0.491 e. The number of nitrogen functional groups attached to an aromatic ring is 1. The van der Waals surface area contributed by atoms with Gasteiger partial charge < -0.3 is 15.4 Å². The second kappa shape index (κ2) is 6.92. The van der Waals surface area contributed by atoms with Crippen LogP contribution in [-0.4, -0.2) is 23.5 Å². The van der Waals surface area contributed by atoms with Crippen molar-refractivity contribution in [3.05, 3.63) is 59.1 Å². The highest BCUT2D eigenvalue weighted by Gasteiger charge is 2.31. The van der Waals surface area contributed by atoms with Gasteiger partial charge >= 0.3 is 0 Å². The molecule has 4 nitrogen and oxygen atoms in total. The van der Waals surface area contributed by atoms with Gasteiger partial charge in [-0.05, 0) is 48.4 Å². The van der Waals surface area contributed by atoms with Crippen LogP contribution in [0.2, 0.25) is 5.02 Å². The van der Waals surface area contributed by atoms with E-state index in [0.717, 1.165) is 17.7 Å². The Morgan fingerprint density at radius 2 is 2.00 bits per heavy atom. The highest BCUT2D eigenvalue weighted by Crippen LogP contribution is 2.24. The van der Waals surface area contributed by atoms with Crippen molar-refractivity contribution in [2.45, 2.75) is 25.4 Å². The smallest absolute Gasteiger partial charge is 0.223 e. The molecule has 2 N–H and O–H groups in total. The van der Waals surface area contributed by atoms with E-state index in [0.29, 0.717) is 30.3 Å². The minimum absolute atomic E-state index is 0.0824. The average molecular weight is 331 g/mol. The first-order valence-corrected chi connectivity index (χ1v) is 8.02. The number of carbonyl (C=O) groups excluding carboxylic acids is 1. The highest BCUT2D eigenvalue weighted by molar-refractivity contribution is 6.30. The first-order valence-electron chi connectivity index (χ1n) is 7.64. The molecule has 120 valence electrons. The Hall–Kier alpha value is -2.20. The molecule has 1 heterocycles. The lowest BCUT2D eigenvalue weighted by molar-refractivity contribution is -0.129. The Morgan fingerprint density at radius 3 is 2.74 bits per heavy atom. The van der Waals surface area contributed by atoms with Crippen LogP contribution in [0, 0.1) is 0 Å². The molecule has 1 atom stereocenters. The molecule has 0 aromatic heterocycles. The fourth-order valence-corrected chi connectivity index (χ4v) is 2.99. The van der Waals surface area contributed by atoms with Gasteiger partial charge in [0.15, 0.2) is 0 Å². The van der Waals surface area contributed by atoms with E-state index in [1.807, 2.05) is 41.3 Å². The molecule has 3 rings (SSSR count). The van der Waals surface area contributed by atoms with E-state index < -0.39 is 0 Å². The molecule has 2 aromatic rings. The lowest BCUT2D eigenvalue weighted by Crippen LogP contribution is -2.36. The van der Waals surface area contributed by atoms with Crippen molar-refractivity contribution in [3.63, 3.8) is 0 Å². The van der Waals surface area contributed by atoms with Gasteiger partial charge in [-0.1, -0.05) is 23.7 Å². The van der Waals surface area contributed by atoms with E-state index in [9.17, 15) is 4.79 Å². The molecule has 1 amide bonds. The number of benzene rings is 2. The van der Waals surface area contributed by atoms with Crippen LogP contribution < -0.4 is 10.5 Å². The van der Waals surface area contributed by atoms with Crippen molar-refractivity contribution >= 4 is 23.2 Å². The van der Waals surface area contributed by atoms with Crippen LogP contribution in [-0.2, 0) is 11.3 Å². The molecule has 0 bridgehead atoms. The monoisotopic (exact) mass is 330 g/mol. The summed E-state index contributed by atoms with van der Waals surface area (Å²) < 4.78 is 5.81. The van der Waals surface area contributed by atoms with E-state index in [1.54, 1.807) is 12.1 Å². The maximum Gasteiger partial charge on any atom is 0.223 e. The van der Waals surface area contributed by atoms with Crippen molar-refractivity contribution < 1.29 is 9.53 Å². The van der Waals surface area contributed by atoms with E-state index >= 15 is 0 Å². The van der Waals surface area contributed by atoms with Crippen molar-refractivity contribution in [1.29, 1.82) is 0 Å². The number of nitrogens with two attached hydrogens (primary N) is 1. The number of hydrogen-bond acceptors (Lipinski definition) is 3. The summed E-state index contributed by atoms with van der Waals surface area (Å²) in [5.74, 6) is 0.928. The fraction of sp³-hybridized carbons (Fsp3) is 0.278. The molecule has 0 saturated carbocycles. The van der Waals surface area contributed by atoms with Crippen molar-refractivity contribution in [1.82, 2.24) is 4.90 Å². The summed E-state index contributed by atoms with van der Waals surface area (Å²) in [4.78, 5) is 14.0. The van der Waals surface area contributed by atoms with Gasteiger partial charge in [-0.2, -0.15) is 0 Å². The lowest BCUT2D eigenvalue weighted by Gasteiger charge is -2.25. The van der Waals surface area contributed by atoms with Gasteiger partial charge in [0.2, 0.25) is 5.91 Å². The lowest BCUT2D eigenvalue weighted by atomic mass is 10.2. The molecule has 0 unspecified atom stereocenters. The quantitative estimate of drug-likeness (QED) is 0.854. The molecular weight excluding hydrogens is 312 g/mol. The Morgan fingerprint density at radius 1 is 1.22 bits per heavy atom. The number of nitrogens with zero attached hydrogens (tertiary/aromatic N) is 1. The first kappa shape index (κ1) is 15.7. The summed E-state index contributed by atoms with van der Waals surface area (Å²) in [5, 5.41) is 0.684.